The summed E-state index contributed by atoms with van der Waals surface area (Å²) in [4.78, 5) is 13.6. The standard InChI is InChI=1S/C15H23N5S/c1-13(2)10-20-12-16-9-14(20)11-18-4-6-19(7-5-18)15-17-3-8-21-15/h3,8-9,12-13H,4-7,10-11H2,1-2H3. The second kappa shape index (κ2) is 6.58. The molecule has 6 heteroatoms. The van der Waals surface area contributed by atoms with E-state index in [0.29, 0.717) is 5.92 Å². The fourth-order valence-corrected chi connectivity index (χ4v) is 3.43. The maximum absolute atomic E-state index is 4.40. The lowest BCUT2D eigenvalue weighted by atomic mass is 10.2. The lowest BCUT2D eigenvalue weighted by Gasteiger charge is -2.34. The van der Waals surface area contributed by atoms with Crippen LogP contribution in [-0.2, 0) is 13.1 Å². The summed E-state index contributed by atoms with van der Waals surface area (Å²) >= 11 is 1.73. The third-order valence-corrected chi connectivity index (χ3v) is 4.64. The predicted molar refractivity (Wildman–Crippen MR) is 86.7 cm³/mol. The van der Waals surface area contributed by atoms with Crippen molar-refractivity contribution in [2.45, 2.75) is 26.9 Å². The highest BCUT2D eigenvalue weighted by molar-refractivity contribution is 7.13. The molecule has 0 amide bonds. The molecule has 0 radical (unpaired) electrons. The van der Waals surface area contributed by atoms with Gasteiger partial charge in [0.2, 0.25) is 0 Å². The van der Waals surface area contributed by atoms with Crippen molar-refractivity contribution in [3.8, 4) is 0 Å². The van der Waals surface area contributed by atoms with E-state index in [4.69, 9.17) is 0 Å². The Labute approximate surface area is 130 Å². The first-order valence-electron chi connectivity index (χ1n) is 7.58. The van der Waals surface area contributed by atoms with E-state index in [2.05, 4.69) is 38.2 Å². The predicted octanol–water partition coefficient (Wildman–Crippen LogP) is 2.32. The topological polar surface area (TPSA) is 37.2 Å². The van der Waals surface area contributed by atoms with Crippen molar-refractivity contribution in [2.24, 2.45) is 5.92 Å². The molecule has 5 nitrogen and oxygen atoms in total. The first-order chi connectivity index (χ1) is 10.2. The van der Waals surface area contributed by atoms with Gasteiger partial charge in [-0.2, -0.15) is 0 Å². The number of rotatable bonds is 5. The van der Waals surface area contributed by atoms with Gasteiger partial charge < -0.3 is 9.47 Å². The number of thiazole rings is 1. The summed E-state index contributed by atoms with van der Waals surface area (Å²) in [6.45, 7) is 10.8. The summed E-state index contributed by atoms with van der Waals surface area (Å²) in [5.41, 5.74) is 1.33. The van der Waals surface area contributed by atoms with E-state index >= 15 is 0 Å². The van der Waals surface area contributed by atoms with Crippen LogP contribution in [0.25, 0.3) is 0 Å². The van der Waals surface area contributed by atoms with E-state index in [1.807, 2.05) is 24.1 Å². The van der Waals surface area contributed by atoms with E-state index in [9.17, 15) is 0 Å². The average Bonchev–Trinajstić information content (AvgIpc) is 3.12. The van der Waals surface area contributed by atoms with Crippen LogP contribution in [0.4, 0.5) is 5.13 Å². The lowest BCUT2D eigenvalue weighted by molar-refractivity contribution is 0.242. The quantitative estimate of drug-likeness (QED) is 0.849. The van der Waals surface area contributed by atoms with E-state index in [0.717, 1.165) is 44.4 Å². The zero-order chi connectivity index (χ0) is 14.7. The third kappa shape index (κ3) is 3.63. The van der Waals surface area contributed by atoms with Crippen molar-refractivity contribution < 1.29 is 0 Å². The molecule has 0 unspecified atom stereocenters. The van der Waals surface area contributed by atoms with Gasteiger partial charge in [-0.3, -0.25) is 4.90 Å². The maximum Gasteiger partial charge on any atom is 0.185 e. The van der Waals surface area contributed by atoms with Crippen molar-refractivity contribution in [1.82, 2.24) is 19.4 Å². The molecule has 0 aliphatic carbocycles. The van der Waals surface area contributed by atoms with Crippen LogP contribution in [-0.4, -0.2) is 45.6 Å². The maximum atomic E-state index is 4.40. The summed E-state index contributed by atoms with van der Waals surface area (Å²) in [5, 5.41) is 3.20. The number of piperazine rings is 1. The molecule has 2 aromatic rings. The fraction of sp³-hybridized carbons (Fsp3) is 0.600. The summed E-state index contributed by atoms with van der Waals surface area (Å²) < 4.78 is 2.29. The first-order valence-corrected chi connectivity index (χ1v) is 8.46. The highest BCUT2D eigenvalue weighted by Crippen LogP contribution is 2.19. The molecule has 114 valence electrons. The van der Waals surface area contributed by atoms with Crippen molar-refractivity contribution in [1.29, 1.82) is 0 Å². The molecule has 3 heterocycles. The molecule has 0 bridgehead atoms. The van der Waals surface area contributed by atoms with Gasteiger partial charge in [-0.15, -0.1) is 11.3 Å². The summed E-state index contributed by atoms with van der Waals surface area (Å²) in [6.07, 6.45) is 5.85. The van der Waals surface area contributed by atoms with Gasteiger partial charge in [-0.25, -0.2) is 9.97 Å². The van der Waals surface area contributed by atoms with Crippen LogP contribution in [0.15, 0.2) is 24.1 Å². The Bertz CT molecular complexity index is 540. The number of imidazole rings is 1. The Balaban J connectivity index is 1.55. The van der Waals surface area contributed by atoms with E-state index in [1.165, 1.54) is 5.69 Å². The minimum Gasteiger partial charge on any atom is -0.346 e. The van der Waals surface area contributed by atoms with Crippen LogP contribution >= 0.6 is 11.3 Å². The smallest absolute Gasteiger partial charge is 0.185 e. The summed E-state index contributed by atoms with van der Waals surface area (Å²) in [5.74, 6) is 0.653. The molecule has 1 aliphatic heterocycles. The molecule has 0 N–H and O–H groups in total. The van der Waals surface area contributed by atoms with Gasteiger partial charge >= 0.3 is 0 Å². The van der Waals surface area contributed by atoms with Gasteiger partial charge in [0.05, 0.1) is 12.0 Å². The number of anilines is 1. The molecule has 21 heavy (non-hydrogen) atoms. The molecule has 0 saturated carbocycles. The second-order valence-corrected chi connectivity index (χ2v) is 6.88. The van der Waals surface area contributed by atoms with Crippen molar-refractivity contribution >= 4 is 16.5 Å². The molecule has 0 aromatic carbocycles. The Morgan fingerprint density at radius 1 is 1.24 bits per heavy atom. The fourth-order valence-electron chi connectivity index (χ4n) is 2.74. The van der Waals surface area contributed by atoms with Gasteiger partial charge in [0.15, 0.2) is 5.13 Å². The highest BCUT2D eigenvalue weighted by Gasteiger charge is 2.19. The van der Waals surface area contributed by atoms with Gasteiger partial charge in [-0.1, -0.05) is 13.8 Å². The Morgan fingerprint density at radius 2 is 2.05 bits per heavy atom. The number of nitrogens with zero attached hydrogens (tertiary/aromatic N) is 5. The lowest BCUT2D eigenvalue weighted by Crippen LogP contribution is -2.46. The van der Waals surface area contributed by atoms with E-state index in [-0.39, 0.29) is 0 Å². The van der Waals surface area contributed by atoms with Crippen LogP contribution in [0.2, 0.25) is 0 Å². The van der Waals surface area contributed by atoms with E-state index < -0.39 is 0 Å². The van der Waals surface area contributed by atoms with Crippen LogP contribution in [0, 0.1) is 5.92 Å². The van der Waals surface area contributed by atoms with Gasteiger partial charge in [0.1, 0.15) is 0 Å². The normalized spacial score (nSPS) is 16.8. The molecule has 3 rings (SSSR count). The Morgan fingerprint density at radius 3 is 2.71 bits per heavy atom. The SMILES string of the molecule is CC(C)Cn1cncc1CN1CCN(c2nccs2)CC1. The summed E-state index contributed by atoms with van der Waals surface area (Å²) in [6, 6.07) is 0. The van der Waals surface area contributed by atoms with Gasteiger partial charge in [0.25, 0.3) is 0 Å². The first kappa shape index (κ1) is 14.5. The molecule has 1 saturated heterocycles. The Kier molecular flexibility index (Phi) is 4.55. The molecular weight excluding hydrogens is 282 g/mol. The van der Waals surface area contributed by atoms with Crippen LogP contribution in [0.1, 0.15) is 19.5 Å². The molecule has 1 aliphatic rings. The van der Waals surface area contributed by atoms with Crippen molar-refractivity contribution in [3.05, 3.63) is 29.8 Å². The molecule has 1 fully saturated rings. The zero-order valence-electron chi connectivity index (χ0n) is 12.8. The average molecular weight is 305 g/mol. The monoisotopic (exact) mass is 305 g/mol. The minimum absolute atomic E-state index is 0.653. The van der Waals surface area contributed by atoms with Gasteiger partial charge in [0, 0.05) is 57.0 Å². The molecular formula is C15H23N5S. The van der Waals surface area contributed by atoms with Crippen LogP contribution < -0.4 is 4.90 Å². The van der Waals surface area contributed by atoms with Crippen molar-refractivity contribution in [2.75, 3.05) is 31.1 Å². The largest absolute Gasteiger partial charge is 0.346 e. The van der Waals surface area contributed by atoms with Crippen molar-refractivity contribution in [3.63, 3.8) is 0 Å². The number of hydrogen-bond donors (Lipinski definition) is 0. The van der Waals surface area contributed by atoms with Crippen LogP contribution in [0.3, 0.4) is 0 Å². The third-order valence-electron chi connectivity index (χ3n) is 3.81. The number of aromatic nitrogens is 3. The minimum atomic E-state index is 0.653. The Hall–Kier alpha value is -1.40. The zero-order valence-corrected chi connectivity index (χ0v) is 13.6. The second-order valence-electron chi connectivity index (χ2n) is 6.01. The summed E-state index contributed by atoms with van der Waals surface area (Å²) in [7, 11) is 0. The van der Waals surface area contributed by atoms with E-state index in [1.54, 1.807) is 11.3 Å². The molecule has 2 aromatic heterocycles. The van der Waals surface area contributed by atoms with Crippen LogP contribution in [0.5, 0.6) is 0 Å². The molecule has 0 spiro atoms. The highest BCUT2D eigenvalue weighted by atomic mass is 32.1. The molecule has 0 atom stereocenters. The number of hydrogen-bond acceptors (Lipinski definition) is 5. The van der Waals surface area contributed by atoms with Gasteiger partial charge in [-0.05, 0) is 5.92 Å².